The fourth-order valence-electron chi connectivity index (χ4n) is 3.00. The summed E-state index contributed by atoms with van der Waals surface area (Å²) >= 11 is 0. The van der Waals surface area contributed by atoms with Gasteiger partial charge in [0, 0.05) is 30.5 Å². The number of hydrogen-bond acceptors (Lipinski definition) is 4. The quantitative estimate of drug-likeness (QED) is 0.904. The predicted molar refractivity (Wildman–Crippen MR) is 96.6 cm³/mol. The van der Waals surface area contributed by atoms with Gasteiger partial charge in [-0.3, -0.25) is 0 Å². The maximum Gasteiger partial charge on any atom is 0.227 e. The van der Waals surface area contributed by atoms with Gasteiger partial charge < -0.3 is 10.2 Å². The topological polar surface area (TPSA) is 41.1 Å². The number of nitrogens with one attached hydrogen (secondary N) is 1. The normalized spacial score (nSPS) is 15.3. The average Bonchev–Trinajstić information content (AvgIpc) is 2.84. The molecule has 1 fully saturated rings. The van der Waals surface area contributed by atoms with Crippen LogP contribution in [0.2, 0.25) is 0 Å². The summed E-state index contributed by atoms with van der Waals surface area (Å²) in [6.07, 6.45) is 6.16. The highest BCUT2D eigenvalue weighted by Gasteiger charge is 2.13. The van der Waals surface area contributed by atoms with Gasteiger partial charge >= 0.3 is 0 Å². The number of aromatic nitrogens is 2. The molecule has 4 heteroatoms. The van der Waals surface area contributed by atoms with E-state index in [9.17, 15) is 0 Å². The first-order chi connectivity index (χ1) is 11.2. The van der Waals surface area contributed by atoms with Crippen LogP contribution in [0, 0.1) is 6.92 Å². The second kappa shape index (κ2) is 7.44. The van der Waals surface area contributed by atoms with Crippen molar-refractivity contribution in [3.63, 3.8) is 0 Å². The van der Waals surface area contributed by atoms with Crippen LogP contribution in [0.5, 0.6) is 0 Å². The Morgan fingerprint density at radius 2 is 1.70 bits per heavy atom. The van der Waals surface area contributed by atoms with Crippen LogP contribution in [0.1, 0.15) is 43.9 Å². The van der Waals surface area contributed by atoms with Crippen LogP contribution in [-0.2, 0) is 6.42 Å². The van der Waals surface area contributed by atoms with Gasteiger partial charge in [-0.15, -0.1) is 0 Å². The van der Waals surface area contributed by atoms with Crippen molar-refractivity contribution in [1.82, 2.24) is 9.97 Å². The first kappa shape index (κ1) is 15.8. The summed E-state index contributed by atoms with van der Waals surface area (Å²) < 4.78 is 0. The van der Waals surface area contributed by atoms with Gasteiger partial charge in [-0.05, 0) is 43.9 Å². The Labute approximate surface area is 139 Å². The van der Waals surface area contributed by atoms with Crippen LogP contribution in [-0.4, -0.2) is 23.1 Å². The molecule has 1 aromatic carbocycles. The van der Waals surface area contributed by atoms with E-state index in [-0.39, 0.29) is 0 Å². The number of benzene rings is 1. The summed E-state index contributed by atoms with van der Waals surface area (Å²) in [5.74, 6) is 1.74. The van der Waals surface area contributed by atoms with Gasteiger partial charge in [-0.2, -0.15) is 4.98 Å². The van der Waals surface area contributed by atoms with E-state index in [4.69, 9.17) is 4.98 Å². The minimum Gasteiger partial charge on any atom is -0.341 e. The maximum atomic E-state index is 4.74. The van der Waals surface area contributed by atoms with Crippen LogP contribution < -0.4 is 10.2 Å². The Morgan fingerprint density at radius 1 is 1.00 bits per heavy atom. The van der Waals surface area contributed by atoms with Gasteiger partial charge in [0.15, 0.2) is 0 Å². The van der Waals surface area contributed by atoms with Gasteiger partial charge in [0.05, 0.1) is 0 Å². The molecule has 3 rings (SSSR count). The monoisotopic (exact) mass is 310 g/mol. The Morgan fingerprint density at radius 3 is 2.35 bits per heavy atom. The molecule has 2 heterocycles. The van der Waals surface area contributed by atoms with Crippen molar-refractivity contribution >= 4 is 17.5 Å². The Balaban J connectivity index is 1.78. The highest BCUT2D eigenvalue weighted by atomic mass is 15.3. The van der Waals surface area contributed by atoms with Crippen LogP contribution >= 0.6 is 0 Å². The lowest BCUT2D eigenvalue weighted by Crippen LogP contribution is -2.26. The summed E-state index contributed by atoms with van der Waals surface area (Å²) in [4.78, 5) is 11.7. The predicted octanol–water partition coefficient (Wildman–Crippen LogP) is 4.47. The van der Waals surface area contributed by atoms with Crippen LogP contribution in [0.4, 0.5) is 17.5 Å². The number of nitrogens with zero attached hydrogens (tertiary/aromatic N) is 3. The lowest BCUT2D eigenvalue weighted by atomic mass is 10.1. The minimum atomic E-state index is 0.861. The zero-order valence-electron chi connectivity index (χ0n) is 14.2. The molecule has 1 saturated heterocycles. The number of aryl methyl sites for hydroxylation is 2. The summed E-state index contributed by atoms with van der Waals surface area (Å²) in [6, 6.07) is 10.6. The van der Waals surface area contributed by atoms with Crippen molar-refractivity contribution in [2.24, 2.45) is 0 Å². The lowest BCUT2D eigenvalue weighted by Gasteiger charge is -2.21. The molecule has 0 amide bonds. The maximum absolute atomic E-state index is 4.74. The Hall–Kier alpha value is -2.10. The fourth-order valence-corrected chi connectivity index (χ4v) is 3.00. The van der Waals surface area contributed by atoms with Crippen molar-refractivity contribution in [1.29, 1.82) is 0 Å². The minimum absolute atomic E-state index is 0.861. The Kier molecular flexibility index (Phi) is 5.11. The van der Waals surface area contributed by atoms with Crippen LogP contribution in [0.15, 0.2) is 30.3 Å². The molecule has 0 saturated carbocycles. The zero-order chi connectivity index (χ0) is 16.1. The van der Waals surface area contributed by atoms with E-state index in [1.807, 2.05) is 13.0 Å². The van der Waals surface area contributed by atoms with Crippen molar-refractivity contribution in [3.05, 3.63) is 41.6 Å². The van der Waals surface area contributed by atoms with Gasteiger partial charge in [0.1, 0.15) is 5.82 Å². The highest BCUT2D eigenvalue weighted by molar-refractivity contribution is 5.58. The molecule has 23 heavy (non-hydrogen) atoms. The molecule has 0 unspecified atom stereocenters. The molecule has 0 atom stereocenters. The molecule has 1 aromatic heterocycles. The third kappa shape index (κ3) is 4.21. The molecule has 4 nitrogen and oxygen atoms in total. The van der Waals surface area contributed by atoms with Crippen molar-refractivity contribution in [2.45, 2.75) is 46.0 Å². The van der Waals surface area contributed by atoms with Gasteiger partial charge in [-0.1, -0.05) is 31.9 Å². The third-order valence-corrected chi connectivity index (χ3v) is 4.37. The molecule has 0 bridgehead atoms. The average molecular weight is 310 g/mol. The van der Waals surface area contributed by atoms with E-state index in [2.05, 4.69) is 46.4 Å². The largest absolute Gasteiger partial charge is 0.341 e. The van der Waals surface area contributed by atoms with E-state index in [0.29, 0.717) is 0 Å². The van der Waals surface area contributed by atoms with Gasteiger partial charge in [0.25, 0.3) is 0 Å². The summed E-state index contributed by atoms with van der Waals surface area (Å²) in [5, 5.41) is 3.41. The molecule has 1 aliphatic heterocycles. The van der Waals surface area contributed by atoms with E-state index in [0.717, 1.165) is 42.7 Å². The summed E-state index contributed by atoms with van der Waals surface area (Å²) in [6.45, 7) is 6.33. The fraction of sp³-hybridized carbons (Fsp3) is 0.474. The smallest absolute Gasteiger partial charge is 0.227 e. The van der Waals surface area contributed by atoms with Crippen LogP contribution in [0.25, 0.3) is 0 Å². The molecule has 2 aromatic rings. The van der Waals surface area contributed by atoms with E-state index >= 15 is 0 Å². The van der Waals surface area contributed by atoms with Crippen molar-refractivity contribution in [2.75, 3.05) is 23.3 Å². The van der Waals surface area contributed by atoms with E-state index in [1.54, 1.807) is 0 Å². The molecule has 0 aliphatic carbocycles. The van der Waals surface area contributed by atoms with E-state index < -0.39 is 0 Å². The van der Waals surface area contributed by atoms with Gasteiger partial charge in [0.2, 0.25) is 5.95 Å². The first-order valence-electron chi connectivity index (χ1n) is 8.71. The molecule has 0 spiro atoms. The first-order valence-corrected chi connectivity index (χ1v) is 8.71. The summed E-state index contributed by atoms with van der Waals surface area (Å²) in [7, 11) is 0. The molecule has 1 N–H and O–H groups in total. The third-order valence-electron chi connectivity index (χ3n) is 4.37. The highest BCUT2D eigenvalue weighted by Crippen LogP contribution is 2.21. The summed E-state index contributed by atoms with van der Waals surface area (Å²) in [5.41, 5.74) is 3.42. The lowest BCUT2D eigenvalue weighted by molar-refractivity contribution is 0.726. The Bertz CT molecular complexity index is 628. The molecule has 0 radical (unpaired) electrons. The molecular weight excluding hydrogens is 284 g/mol. The van der Waals surface area contributed by atoms with Gasteiger partial charge in [-0.25, -0.2) is 4.98 Å². The van der Waals surface area contributed by atoms with E-state index in [1.165, 1.54) is 31.2 Å². The standard InChI is InChI=1S/C19H26N4/c1-3-16-8-10-17(11-9-16)21-18-14-15(2)20-19(22-18)23-12-6-4-5-7-13-23/h8-11,14H,3-7,12-13H2,1-2H3,(H,20,21,22). The second-order valence-electron chi connectivity index (χ2n) is 6.27. The number of anilines is 3. The molecular formula is C19H26N4. The van der Waals surface area contributed by atoms with Crippen LogP contribution in [0.3, 0.4) is 0 Å². The molecule has 122 valence electrons. The zero-order valence-corrected chi connectivity index (χ0v) is 14.2. The second-order valence-corrected chi connectivity index (χ2v) is 6.27. The molecule has 1 aliphatic rings. The van der Waals surface area contributed by atoms with Crippen molar-refractivity contribution < 1.29 is 0 Å². The van der Waals surface area contributed by atoms with Crippen molar-refractivity contribution in [3.8, 4) is 0 Å². The number of rotatable bonds is 4. The number of hydrogen-bond donors (Lipinski definition) is 1. The SMILES string of the molecule is CCc1ccc(Nc2cc(C)nc(N3CCCCCC3)n2)cc1.